The molecule has 0 fully saturated rings. The van der Waals surface area contributed by atoms with E-state index >= 15 is 0 Å². The number of rotatable bonds is 7. The van der Waals surface area contributed by atoms with Crippen LogP contribution in [0.4, 0.5) is 18.9 Å². The minimum atomic E-state index is -4.65. The van der Waals surface area contributed by atoms with Crippen molar-refractivity contribution >= 4 is 34.4 Å². The van der Waals surface area contributed by atoms with Gasteiger partial charge in [-0.15, -0.1) is 0 Å². The Bertz CT molecular complexity index is 1330. The Morgan fingerprint density at radius 3 is 2.52 bits per heavy atom. The fourth-order valence-electron chi connectivity index (χ4n) is 3.06. The molecule has 33 heavy (non-hydrogen) atoms. The molecule has 178 valence electrons. The average molecular weight is 490 g/mol. The molecule has 2 aromatic heterocycles. The standard InChI is InChI=1S/C19H19ClF3N5O5/c1-26-15-14(16(30)27(2)18(26)31)28(17(20)25-15)9-13(29)24-11-8-10(19(21,22)23)4-5-12(11)33-7-6-32-3/h4-5,8H,6-7,9H2,1-3H3,(H,24,29). The summed E-state index contributed by atoms with van der Waals surface area (Å²) in [5.74, 6) is -0.809. The molecular weight excluding hydrogens is 471 g/mol. The predicted octanol–water partition coefficient (Wildman–Crippen LogP) is 1.77. The minimum Gasteiger partial charge on any atom is -0.489 e. The lowest BCUT2D eigenvalue weighted by Gasteiger charge is -2.15. The molecule has 0 bridgehead atoms. The van der Waals surface area contributed by atoms with Gasteiger partial charge in [0.1, 0.15) is 18.9 Å². The summed E-state index contributed by atoms with van der Waals surface area (Å²) >= 11 is 6.09. The number of carbonyl (C=O) groups excluding carboxylic acids is 1. The van der Waals surface area contributed by atoms with Crippen LogP contribution in [0, 0.1) is 0 Å². The Balaban J connectivity index is 1.97. The van der Waals surface area contributed by atoms with Crippen LogP contribution in [0.1, 0.15) is 5.56 Å². The largest absolute Gasteiger partial charge is 0.489 e. The first kappa shape index (κ1) is 24.3. The summed E-state index contributed by atoms with van der Waals surface area (Å²) in [6.45, 7) is -0.351. The van der Waals surface area contributed by atoms with Gasteiger partial charge in [0, 0.05) is 21.2 Å². The van der Waals surface area contributed by atoms with E-state index in [0.29, 0.717) is 0 Å². The number of aromatic nitrogens is 4. The molecule has 1 aromatic carbocycles. The first-order valence-electron chi connectivity index (χ1n) is 9.40. The Hall–Kier alpha value is -3.32. The Morgan fingerprint density at radius 1 is 1.18 bits per heavy atom. The summed E-state index contributed by atoms with van der Waals surface area (Å²) < 4.78 is 52.7. The van der Waals surface area contributed by atoms with E-state index < -0.39 is 35.4 Å². The van der Waals surface area contributed by atoms with Crippen LogP contribution >= 0.6 is 11.6 Å². The zero-order valence-corrected chi connectivity index (χ0v) is 18.5. The summed E-state index contributed by atoms with van der Waals surface area (Å²) in [6, 6.07) is 2.64. The van der Waals surface area contributed by atoms with Crippen molar-refractivity contribution in [3.05, 3.63) is 49.9 Å². The van der Waals surface area contributed by atoms with Crippen molar-refractivity contribution < 1.29 is 27.4 Å². The van der Waals surface area contributed by atoms with Crippen molar-refractivity contribution in [3.63, 3.8) is 0 Å². The van der Waals surface area contributed by atoms with E-state index in [1.54, 1.807) is 0 Å². The zero-order chi connectivity index (χ0) is 24.5. The van der Waals surface area contributed by atoms with Gasteiger partial charge in [0.05, 0.1) is 17.9 Å². The van der Waals surface area contributed by atoms with Gasteiger partial charge in [-0.1, -0.05) is 0 Å². The minimum absolute atomic E-state index is 0.00621. The number of hydrogen-bond acceptors (Lipinski definition) is 6. The van der Waals surface area contributed by atoms with Crippen LogP contribution in [0.5, 0.6) is 5.75 Å². The van der Waals surface area contributed by atoms with Gasteiger partial charge >= 0.3 is 11.9 Å². The van der Waals surface area contributed by atoms with E-state index in [2.05, 4.69) is 10.3 Å². The summed E-state index contributed by atoms with van der Waals surface area (Å²) in [7, 11) is 4.06. The second kappa shape index (κ2) is 9.27. The number of halogens is 4. The van der Waals surface area contributed by atoms with Crippen molar-refractivity contribution in [2.45, 2.75) is 12.7 Å². The number of carbonyl (C=O) groups is 1. The maximum absolute atomic E-state index is 13.2. The van der Waals surface area contributed by atoms with Crippen molar-refractivity contribution in [2.75, 3.05) is 25.6 Å². The van der Waals surface area contributed by atoms with Crippen LogP contribution in [0.25, 0.3) is 11.2 Å². The van der Waals surface area contributed by atoms with Crippen LogP contribution in [-0.2, 0) is 36.3 Å². The number of methoxy groups -OCH3 is 1. The second-order valence-corrected chi connectivity index (χ2v) is 7.28. The van der Waals surface area contributed by atoms with Gasteiger partial charge in [0.2, 0.25) is 11.2 Å². The highest BCUT2D eigenvalue weighted by molar-refractivity contribution is 6.29. The van der Waals surface area contributed by atoms with E-state index in [4.69, 9.17) is 21.1 Å². The molecule has 0 aliphatic carbocycles. The number of imidazole rings is 1. The van der Waals surface area contributed by atoms with Gasteiger partial charge in [-0.05, 0) is 29.8 Å². The van der Waals surface area contributed by atoms with Gasteiger partial charge in [-0.2, -0.15) is 18.2 Å². The normalized spacial score (nSPS) is 11.7. The molecule has 0 aliphatic heterocycles. The highest BCUT2D eigenvalue weighted by atomic mass is 35.5. The molecule has 3 rings (SSSR count). The smallest absolute Gasteiger partial charge is 0.416 e. The van der Waals surface area contributed by atoms with Crippen molar-refractivity contribution in [3.8, 4) is 5.75 Å². The summed E-state index contributed by atoms with van der Waals surface area (Å²) in [4.78, 5) is 41.3. The van der Waals surface area contributed by atoms with Gasteiger partial charge in [-0.25, -0.2) is 4.79 Å². The fraction of sp³-hybridized carbons (Fsp3) is 0.368. The summed E-state index contributed by atoms with van der Waals surface area (Å²) in [5, 5.41) is 2.10. The van der Waals surface area contributed by atoms with E-state index in [1.807, 2.05) is 0 Å². The topological polar surface area (TPSA) is 109 Å². The highest BCUT2D eigenvalue weighted by Crippen LogP contribution is 2.35. The number of nitrogens with one attached hydrogen (secondary N) is 1. The molecule has 10 nitrogen and oxygen atoms in total. The zero-order valence-electron chi connectivity index (χ0n) is 17.7. The third-order valence-electron chi connectivity index (χ3n) is 4.73. The second-order valence-electron chi connectivity index (χ2n) is 6.94. The van der Waals surface area contributed by atoms with Crippen LogP contribution in [0.2, 0.25) is 5.28 Å². The molecule has 0 unspecified atom stereocenters. The number of amides is 1. The Kier molecular flexibility index (Phi) is 6.84. The molecule has 0 saturated heterocycles. The van der Waals surface area contributed by atoms with E-state index in [1.165, 1.54) is 21.2 Å². The van der Waals surface area contributed by atoms with Crippen molar-refractivity contribution in [1.82, 2.24) is 18.7 Å². The number of anilines is 1. The highest BCUT2D eigenvalue weighted by Gasteiger charge is 2.31. The Labute approximate surface area is 189 Å². The molecule has 0 aliphatic rings. The number of fused-ring (bicyclic) bond motifs is 1. The predicted molar refractivity (Wildman–Crippen MR) is 113 cm³/mol. The molecule has 3 aromatic rings. The van der Waals surface area contributed by atoms with Crippen LogP contribution in [0.15, 0.2) is 27.8 Å². The number of nitrogens with zero attached hydrogens (tertiary/aromatic N) is 4. The molecule has 1 N–H and O–H groups in total. The monoisotopic (exact) mass is 489 g/mol. The van der Waals surface area contributed by atoms with E-state index in [9.17, 15) is 27.6 Å². The SMILES string of the molecule is COCCOc1ccc(C(F)(F)F)cc1NC(=O)Cn1c(Cl)nc2c1c(=O)n(C)c(=O)n2C. The lowest BCUT2D eigenvalue weighted by atomic mass is 10.1. The lowest BCUT2D eigenvalue weighted by molar-refractivity contribution is -0.137. The summed E-state index contributed by atoms with van der Waals surface area (Å²) in [5.41, 5.74) is -2.74. The molecule has 0 saturated carbocycles. The van der Waals surface area contributed by atoms with Crippen molar-refractivity contribution in [1.29, 1.82) is 0 Å². The van der Waals surface area contributed by atoms with Crippen LogP contribution in [-0.4, -0.2) is 44.9 Å². The summed E-state index contributed by atoms with van der Waals surface area (Å²) in [6.07, 6.45) is -4.65. The maximum atomic E-state index is 13.2. The van der Waals surface area contributed by atoms with Crippen LogP contribution < -0.4 is 21.3 Å². The quantitative estimate of drug-likeness (QED) is 0.400. The number of ether oxygens (including phenoxy) is 2. The fourth-order valence-corrected chi connectivity index (χ4v) is 3.29. The van der Waals surface area contributed by atoms with Gasteiger partial charge < -0.3 is 14.8 Å². The average Bonchev–Trinajstić information content (AvgIpc) is 3.07. The number of alkyl halides is 3. The first-order chi connectivity index (χ1) is 15.5. The maximum Gasteiger partial charge on any atom is 0.416 e. The molecular formula is C19H19ClF3N5O5. The molecule has 0 radical (unpaired) electrons. The third kappa shape index (κ3) is 4.88. The molecule has 14 heteroatoms. The number of hydrogen-bond donors (Lipinski definition) is 1. The van der Waals surface area contributed by atoms with Gasteiger partial charge in [0.25, 0.3) is 5.56 Å². The first-order valence-corrected chi connectivity index (χ1v) is 9.78. The van der Waals surface area contributed by atoms with E-state index in [0.717, 1.165) is 31.9 Å². The van der Waals surface area contributed by atoms with E-state index in [-0.39, 0.29) is 41.1 Å². The third-order valence-corrected chi connectivity index (χ3v) is 5.02. The van der Waals surface area contributed by atoms with Gasteiger partial charge in [0.15, 0.2) is 11.2 Å². The number of benzene rings is 1. The molecule has 0 spiro atoms. The lowest BCUT2D eigenvalue weighted by Crippen LogP contribution is -2.37. The number of aryl methyl sites for hydroxylation is 1. The van der Waals surface area contributed by atoms with Crippen molar-refractivity contribution in [2.24, 2.45) is 14.1 Å². The molecule has 0 atom stereocenters. The molecule has 1 amide bonds. The van der Waals surface area contributed by atoms with Crippen LogP contribution in [0.3, 0.4) is 0 Å². The van der Waals surface area contributed by atoms with Gasteiger partial charge in [-0.3, -0.25) is 23.3 Å². The molecule has 2 heterocycles. The Morgan fingerprint density at radius 2 is 1.88 bits per heavy atom.